The number of hydrogen-bond donors (Lipinski definition) is 0. The molecule has 1 amide bonds. The van der Waals surface area contributed by atoms with Crippen LogP contribution in [0.15, 0.2) is 0 Å². The van der Waals surface area contributed by atoms with Crippen LogP contribution in [-0.2, 0) is 30.2 Å². The SMILES string of the molecule is O=CN1CCc2nn3c(c2C1)C(F)(F)CCCC3. The van der Waals surface area contributed by atoms with E-state index in [2.05, 4.69) is 5.10 Å². The fourth-order valence-electron chi connectivity index (χ4n) is 2.84. The molecule has 0 N–H and O–H groups in total. The summed E-state index contributed by atoms with van der Waals surface area (Å²) in [5.41, 5.74) is 1.35. The lowest BCUT2D eigenvalue weighted by Crippen LogP contribution is -2.30. The number of aromatic nitrogens is 2. The summed E-state index contributed by atoms with van der Waals surface area (Å²) in [6.45, 7) is 1.39. The van der Waals surface area contributed by atoms with Crippen molar-refractivity contribution in [2.45, 2.75) is 44.7 Å². The van der Waals surface area contributed by atoms with Gasteiger partial charge in [-0.3, -0.25) is 9.48 Å². The zero-order valence-corrected chi connectivity index (χ0v) is 10.0. The highest BCUT2D eigenvalue weighted by molar-refractivity contribution is 5.49. The Morgan fingerprint density at radius 2 is 2.11 bits per heavy atom. The molecule has 0 aliphatic carbocycles. The zero-order chi connectivity index (χ0) is 12.8. The highest BCUT2D eigenvalue weighted by Gasteiger charge is 2.41. The van der Waals surface area contributed by atoms with Gasteiger partial charge in [0.05, 0.1) is 5.69 Å². The van der Waals surface area contributed by atoms with Crippen molar-refractivity contribution in [2.75, 3.05) is 6.54 Å². The molecule has 0 atom stereocenters. The van der Waals surface area contributed by atoms with Gasteiger partial charge in [0.1, 0.15) is 5.69 Å². The number of carbonyl (C=O) groups excluding carboxylic acids is 1. The minimum absolute atomic E-state index is 0.0431. The van der Waals surface area contributed by atoms with E-state index >= 15 is 0 Å². The molecule has 4 nitrogen and oxygen atoms in total. The van der Waals surface area contributed by atoms with Gasteiger partial charge in [0.25, 0.3) is 5.92 Å². The third kappa shape index (κ3) is 1.71. The summed E-state index contributed by atoms with van der Waals surface area (Å²) in [7, 11) is 0. The fourth-order valence-corrected chi connectivity index (χ4v) is 2.84. The van der Waals surface area contributed by atoms with Crippen LogP contribution in [0.5, 0.6) is 0 Å². The van der Waals surface area contributed by atoms with E-state index in [-0.39, 0.29) is 18.7 Å². The second kappa shape index (κ2) is 4.03. The highest BCUT2D eigenvalue weighted by atomic mass is 19.3. The van der Waals surface area contributed by atoms with Crippen LogP contribution in [0.3, 0.4) is 0 Å². The van der Waals surface area contributed by atoms with Gasteiger partial charge in [-0.05, 0) is 12.8 Å². The molecular formula is C12H15F2N3O. The first kappa shape index (κ1) is 11.6. The van der Waals surface area contributed by atoms with Gasteiger partial charge in [-0.1, -0.05) is 0 Å². The molecule has 0 fully saturated rings. The Morgan fingerprint density at radius 1 is 1.28 bits per heavy atom. The predicted octanol–water partition coefficient (Wildman–Crippen LogP) is 1.67. The molecule has 3 heterocycles. The van der Waals surface area contributed by atoms with Gasteiger partial charge >= 0.3 is 0 Å². The Labute approximate surface area is 104 Å². The van der Waals surface area contributed by atoms with E-state index in [0.717, 1.165) is 18.5 Å². The van der Waals surface area contributed by atoms with Crippen LogP contribution in [0.4, 0.5) is 8.78 Å². The van der Waals surface area contributed by atoms with Crippen molar-refractivity contribution in [3.63, 3.8) is 0 Å². The molecule has 0 saturated heterocycles. The van der Waals surface area contributed by atoms with Crippen LogP contribution in [0, 0.1) is 0 Å². The Hall–Kier alpha value is -1.46. The summed E-state index contributed by atoms with van der Waals surface area (Å²) in [6.07, 6.45) is 2.43. The van der Waals surface area contributed by atoms with Gasteiger partial charge in [-0.2, -0.15) is 13.9 Å². The first-order valence-corrected chi connectivity index (χ1v) is 6.28. The minimum Gasteiger partial charge on any atom is -0.340 e. The summed E-state index contributed by atoms with van der Waals surface area (Å²) in [5.74, 6) is -2.82. The second-order valence-corrected chi connectivity index (χ2v) is 4.98. The third-order valence-electron chi connectivity index (χ3n) is 3.74. The van der Waals surface area contributed by atoms with E-state index < -0.39 is 5.92 Å². The van der Waals surface area contributed by atoms with Crippen LogP contribution < -0.4 is 0 Å². The lowest BCUT2D eigenvalue weighted by molar-refractivity contribution is -0.119. The van der Waals surface area contributed by atoms with E-state index in [1.54, 1.807) is 0 Å². The van der Waals surface area contributed by atoms with Gasteiger partial charge in [0.15, 0.2) is 0 Å². The molecule has 3 rings (SSSR count). The van der Waals surface area contributed by atoms with Gasteiger partial charge in [0, 0.05) is 38.0 Å². The number of carbonyl (C=O) groups is 1. The van der Waals surface area contributed by atoms with Crippen LogP contribution in [0.25, 0.3) is 0 Å². The molecule has 98 valence electrons. The van der Waals surface area contributed by atoms with E-state index in [1.807, 2.05) is 0 Å². The summed E-state index contributed by atoms with van der Waals surface area (Å²) < 4.78 is 29.7. The molecule has 2 aliphatic rings. The van der Waals surface area contributed by atoms with Crippen molar-refractivity contribution in [3.05, 3.63) is 17.0 Å². The van der Waals surface area contributed by atoms with Crippen LogP contribution in [0.2, 0.25) is 0 Å². The maximum absolute atomic E-state index is 14.1. The average Bonchev–Trinajstić information content (AvgIpc) is 2.65. The van der Waals surface area contributed by atoms with E-state index in [0.29, 0.717) is 31.5 Å². The van der Waals surface area contributed by atoms with Gasteiger partial charge in [-0.15, -0.1) is 0 Å². The number of hydrogen-bond acceptors (Lipinski definition) is 2. The Kier molecular flexibility index (Phi) is 2.60. The maximum atomic E-state index is 14.1. The van der Waals surface area contributed by atoms with E-state index in [1.165, 1.54) is 9.58 Å². The monoisotopic (exact) mass is 255 g/mol. The Morgan fingerprint density at radius 3 is 2.89 bits per heavy atom. The Bertz CT molecular complexity index is 484. The topological polar surface area (TPSA) is 38.1 Å². The smallest absolute Gasteiger partial charge is 0.289 e. The molecule has 0 spiro atoms. The highest BCUT2D eigenvalue weighted by Crippen LogP contribution is 2.40. The number of halogens is 2. The van der Waals surface area contributed by atoms with E-state index in [9.17, 15) is 13.6 Å². The van der Waals surface area contributed by atoms with Gasteiger partial charge in [0.2, 0.25) is 6.41 Å². The first-order chi connectivity index (χ1) is 8.62. The van der Waals surface area contributed by atoms with Crippen molar-refractivity contribution in [2.24, 2.45) is 0 Å². The summed E-state index contributed by atoms with van der Waals surface area (Å²) in [4.78, 5) is 12.3. The quantitative estimate of drug-likeness (QED) is 0.716. The molecule has 0 radical (unpaired) electrons. The summed E-state index contributed by atoms with van der Waals surface area (Å²) in [6, 6.07) is 0. The number of rotatable bonds is 1. The maximum Gasteiger partial charge on any atom is 0.289 e. The molecule has 2 aliphatic heterocycles. The minimum atomic E-state index is -2.82. The Balaban J connectivity index is 2.09. The molecule has 0 aromatic carbocycles. The fraction of sp³-hybridized carbons (Fsp3) is 0.667. The molecule has 1 aromatic rings. The first-order valence-electron chi connectivity index (χ1n) is 6.28. The molecule has 6 heteroatoms. The lowest BCUT2D eigenvalue weighted by Gasteiger charge is -2.24. The van der Waals surface area contributed by atoms with Crippen LogP contribution >= 0.6 is 0 Å². The molecule has 1 aromatic heterocycles. The zero-order valence-electron chi connectivity index (χ0n) is 10.0. The largest absolute Gasteiger partial charge is 0.340 e. The van der Waals surface area contributed by atoms with Crippen molar-refractivity contribution in [1.29, 1.82) is 0 Å². The summed E-state index contributed by atoms with van der Waals surface area (Å²) in [5, 5.41) is 4.31. The number of nitrogens with zero attached hydrogens (tertiary/aromatic N) is 3. The normalized spacial score (nSPS) is 22.0. The molecule has 0 saturated carbocycles. The lowest BCUT2D eigenvalue weighted by atomic mass is 10.0. The van der Waals surface area contributed by atoms with Crippen LogP contribution in [0.1, 0.15) is 36.2 Å². The number of fused-ring (bicyclic) bond motifs is 3. The molecule has 0 unspecified atom stereocenters. The summed E-state index contributed by atoms with van der Waals surface area (Å²) >= 11 is 0. The van der Waals surface area contributed by atoms with E-state index in [4.69, 9.17) is 0 Å². The van der Waals surface area contributed by atoms with Crippen molar-refractivity contribution in [3.8, 4) is 0 Å². The van der Waals surface area contributed by atoms with Crippen molar-refractivity contribution < 1.29 is 13.6 Å². The number of aryl methyl sites for hydroxylation is 1. The van der Waals surface area contributed by atoms with Crippen molar-refractivity contribution >= 4 is 6.41 Å². The van der Waals surface area contributed by atoms with Crippen molar-refractivity contribution in [1.82, 2.24) is 14.7 Å². The standard InChI is InChI=1S/C12H15F2N3O/c13-12(14)4-1-2-5-17-11(12)9-7-16(8-18)6-3-10(9)15-17/h8H,1-7H2. The average molecular weight is 255 g/mol. The second-order valence-electron chi connectivity index (χ2n) is 4.98. The van der Waals surface area contributed by atoms with Gasteiger partial charge < -0.3 is 4.90 Å². The third-order valence-corrected chi connectivity index (χ3v) is 3.74. The van der Waals surface area contributed by atoms with Gasteiger partial charge in [-0.25, -0.2) is 0 Å². The molecule has 18 heavy (non-hydrogen) atoms. The predicted molar refractivity (Wildman–Crippen MR) is 60.2 cm³/mol. The molecular weight excluding hydrogens is 240 g/mol. The molecule has 0 bridgehead atoms. The number of amides is 1. The van der Waals surface area contributed by atoms with Crippen LogP contribution in [-0.4, -0.2) is 27.6 Å². The number of alkyl halides is 2.